The zero-order valence-electron chi connectivity index (χ0n) is 15.5. The third-order valence-corrected chi connectivity index (χ3v) is 3.91. The van der Waals surface area contributed by atoms with E-state index < -0.39 is 6.29 Å². The Morgan fingerprint density at radius 3 is 2.74 bits per heavy atom. The van der Waals surface area contributed by atoms with Crippen LogP contribution in [0, 0.1) is 0 Å². The number of aryl methyl sites for hydroxylation is 1. The summed E-state index contributed by atoms with van der Waals surface area (Å²) in [6.07, 6.45) is 8.72. The smallest absolute Gasteiger partial charge is 0.234 e. The summed E-state index contributed by atoms with van der Waals surface area (Å²) in [5.41, 5.74) is 1.26. The van der Waals surface area contributed by atoms with Crippen LogP contribution in [0.3, 0.4) is 0 Å². The number of imidazole rings is 2. The zero-order valence-corrected chi connectivity index (χ0v) is 15.5. The molecule has 0 radical (unpaired) electrons. The molecule has 0 fully saturated rings. The first kappa shape index (κ1) is 19.0. The average Bonchev–Trinajstić information content (AvgIpc) is 3.32. The molecule has 0 saturated heterocycles. The van der Waals surface area contributed by atoms with Crippen LogP contribution >= 0.6 is 0 Å². The third-order valence-electron chi connectivity index (χ3n) is 3.91. The lowest BCUT2D eigenvalue weighted by Crippen LogP contribution is -2.16. The Balaban J connectivity index is 0.000000166. The van der Waals surface area contributed by atoms with Gasteiger partial charge in [-0.05, 0) is 26.3 Å². The predicted octanol–water partition coefficient (Wildman–Crippen LogP) is 2.31. The molecule has 3 aromatic rings. The van der Waals surface area contributed by atoms with Gasteiger partial charge < -0.3 is 19.4 Å². The maximum Gasteiger partial charge on any atom is 0.234 e. The molecule has 3 aromatic heterocycles. The van der Waals surface area contributed by atoms with Crippen molar-refractivity contribution < 1.29 is 14.3 Å². The lowest BCUT2D eigenvalue weighted by molar-refractivity contribution is -0.142. The molecule has 4 rings (SSSR count). The second kappa shape index (κ2) is 9.24. The number of nitrogens with one attached hydrogen (secondary N) is 1. The molecule has 27 heavy (non-hydrogen) atoms. The number of aldehydes is 1. The number of hydrogen-bond acceptors (Lipinski definition) is 7. The second-order valence-corrected chi connectivity index (χ2v) is 5.82. The van der Waals surface area contributed by atoms with Crippen molar-refractivity contribution in [3.63, 3.8) is 0 Å². The number of hydrogen-bond donors (Lipinski definition) is 1. The Kier molecular flexibility index (Phi) is 6.50. The molecule has 144 valence electrons. The number of anilines is 1. The number of fused-ring (bicyclic) bond motifs is 2. The topological polar surface area (TPSA) is 95.6 Å². The Morgan fingerprint density at radius 1 is 1.26 bits per heavy atom. The summed E-state index contributed by atoms with van der Waals surface area (Å²) in [6.45, 7) is 6.95. The summed E-state index contributed by atoms with van der Waals surface area (Å²) in [7, 11) is 0. The van der Waals surface area contributed by atoms with Crippen molar-refractivity contribution >= 4 is 18.0 Å². The van der Waals surface area contributed by atoms with Crippen LogP contribution < -0.4 is 5.32 Å². The number of aromatic nitrogens is 5. The Hall–Kier alpha value is -2.78. The fourth-order valence-electron chi connectivity index (χ4n) is 2.74. The first-order valence-electron chi connectivity index (χ1n) is 9.04. The molecular formula is C18H24N6O3. The van der Waals surface area contributed by atoms with Gasteiger partial charge in [-0.1, -0.05) is 0 Å². The largest absolute Gasteiger partial charge is 0.356 e. The molecular weight excluding hydrogens is 348 g/mol. The molecule has 1 aliphatic heterocycles. The minimum absolute atomic E-state index is 0.406. The first-order chi connectivity index (χ1) is 13.2. The van der Waals surface area contributed by atoms with E-state index in [4.69, 9.17) is 9.47 Å². The SMILES string of the molecule is CCOC(OCC)c1cn2cccnc2n1.O=Cc1cn2c(n1)NCCC2. The molecule has 1 aliphatic rings. The van der Waals surface area contributed by atoms with E-state index in [0.717, 1.165) is 37.4 Å². The van der Waals surface area contributed by atoms with Crippen molar-refractivity contribution in [3.8, 4) is 0 Å². The predicted molar refractivity (Wildman–Crippen MR) is 99.7 cm³/mol. The molecule has 0 spiro atoms. The van der Waals surface area contributed by atoms with Gasteiger partial charge in [-0.3, -0.25) is 9.20 Å². The van der Waals surface area contributed by atoms with Gasteiger partial charge in [0.25, 0.3) is 0 Å². The van der Waals surface area contributed by atoms with Crippen LogP contribution in [0.25, 0.3) is 5.78 Å². The summed E-state index contributed by atoms with van der Waals surface area (Å²) < 4.78 is 14.8. The van der Waals surface area contributed by atoms with Crippen molar-refractivity contribution in [2.45, 2.75) is 33.1 Å². The standard InChI is InChI=1S/C11H15N3O2.C7H9N3O/c1-3-15-10(16-4-2)9-8-14-7-5-6-12-11(14)13-9;11-5-6-4-10-3-1-2-8-7(10)9-6/h5-8,10H,3-4H2,1-2H3;4-5H,1-3H2,(H,8,9). The molecule has 0 saturated carbocycles. The molecule has 0 unspecified atom stereocenters. The highest BCUT2D eigenvalue weighted by atomic mass is 16.7. The van der Waals surface area contributed by atoms with Crippen LogP contribution in [0.1, 0.15) is 42.7 Å². The van der Waals surface area contributed by atoms with E-state index in [1.807, 2.05) is 41.3 Å². The quantitative estimate of drug-likeness (QED) is 0.524. The van der Waals surface area contributed by atoms with E-state index in [1.165, 1.54) is 0 Å². The van der Waals surface area contributed by atoms with Gasteiger partial charge in [0, 0.05) is 51.1 Å². The number of rotatable bonds is 6. The number of ether oxygens (including phenoxy) is 2. The Bertz CT molecular complexity index is 812. The summed E-state index contributed by atoms with van der Waals surface area (Å²) in [6, 6.07) is 1.86. The van der Waals surface area contributed by atoms with Crippen LogP contribution in [-0.4, -0.2) is 50.0 Å². The van der Waals surface area contributed by atoms with Gasteiger partial charge in [0.1, 0.15) is 11.4 Å². The number of carbonyl (C=O) groups is 1. The molecule has 4 heterocycles. The van der Waals surface area contributed by atoms with Crippen molar-refractivity contribution in [1.29, 1.82) is 0 Å². The fourth-order valence-corrected chi connectivity index (χ4v) is 2.74. The van der Waals surface area contributed by atoms with Crippen molar-refractivity contribution in [1.82, 2.24) is 23.9 Å². The summed E-state index contributed by atoms with van der Waals surface area (Å²) >= 11 is 0. The van der Waals surface area contributed by atoms with Crippen LogP contribution in [-0.2, 0) is 16.0 Å². The molecule has 9 heteroatoms. The van der Waals surface area contributed by atoms with Gasteiger partial charge in [-0.15, -0.1) is 0 Å². The average molecular weight is 372 g/mol. The Labute approximate surface area is 157 Å². The van der Waals surface area contributed by atoms with Gasteiger partial charge >= 0.3 is 0 Å². The third kappa shape index (κ3) is 4.69. The van der Waals surface area contributed by atoms with Crippen molar-refractivity contribution in [2.24, 2.45) is 0 Å². The van der Waals surface area contributed by atoms with E-state index in [-0.39, 0.29) is 0 Å². The van der Waals surface area contributed by atoms with Gasteiger partial charge in [0.2, 0.25) is 18.0 Å². The fraction of sp³-hybridized carbons (Fsp3) is 0.444. The highest BCUT2D eigenvalue weighted by Crippen LogP contribution is 2.17. The van der Waals surface area contributed by atoms with Crippen LogP contribution in [0.5, 0.6) is 0 Å². The van der Waals surface area contributed by atoms with Gasteiger partial charge in [0.05, 0.1) is 0 Å². The van der Waals surface area contributed by atoms with E-state index in [9.17, 15) is 4.79 Å². The van der Waals surface area contributed by atoms with E-state index in [0.29, 0.717) is 24.7 Å². The van der Waals surface area contributed by atoms with Gasteiger partial charge in [0.15, 0.2) is 6.29 Å². The van der Waals surface area contributed by atoms with Gasteiger partial charge in [-0.2, -0.15) is 0 Å². The minimum atomic E-state index is -0.406. The molecule has 0 aromatic carbocycles. The summed E-state index contributed by atoms with van der Waals surface area (Å²) in [5.74, 6) is 1.47. The molecule has 0 amide bonds. The summed E-state index contributed by atoms with van der Waals surface area (Å²) in [4.78, 5) is 22.9. The normalized spacial score (nSPS) is 13.0. The van der Waals surface area contributed by atoms with E-state index >= 15 is 0 Å². The van der Waals surface area contributed by atoms with Crippen LogP contribution in [0.4, 0.5) is 5.95 Å². The molecule has 1 N–H and O–H groups in total. The van der Waals surface area contributed by atoms with Crippen LogP contribution in [0.2, 0.25) is 0 Å². The molecule has 9 nitrogen and oxygen atoms in total. The van der Waals surface area contributed by atoms with E-state index in [2.05, 4.69) is 20.3 Å². The molecule has 0 bridgehead atoms. The maximum atomic E-state index is 10.3. The minimum Gasteiger partial charge on any atom is -0.356 e. The highest BCUT2D eigenvalue weighted by Gasteiger charge is 2.15. The lowest BCUT2D eigenvalue weighted by atomic mass is 10.4. The van der Waals surface area contributed by atoms with Crippen molar-refractivity contribution in [2.75, 3.05) is 25.1 Å². The molecule has 0 aliphatic carbocycles. The lowest BCUT2D eigenvalue weighted by Gasteiger charge is -2.14. The number of nitrogens with zero attached hydrogens (tertiary/aromatic N) is 5. The maximum absolute atomic E-state index is 10.3. The van der Waals surface area contributed by atoms with E-state index in [1.54, 1.807) is 12.4 Å². The van der Waals surface area contributed by atoms with Crippen LogP contribution in [0.15, 0.2) is 30.9 Å². The second-order valence-electron chi connectivity index (χ2n) is 5.82. The van der Waals surface area contributed by atoms with Gasteiger partial charge in [-0.25, -0.2) is 15.0 Å². The summed E-state index contributed by atoms with van der Waals surface area (Å²) in [5, 5.41) is 3.11. The number of carbonyl (C=O) groups excluding carboxylic acids is 1. The first-order valence-corrected chi connectivity index (χ1v) is 9.04. The molecule has 0 atom stereocenters. The highest BCUT2D eigenvalue weighted by molar-refractivity contribution is 5.72. The van der Waals surface area contributed by atoms with Crippen molar-refractivity contribution in [3.05, 3.63) is 42.2 Å². The monoisotopic (exact) mass is 372 g/mol. The Morgan fingerprint density at radius 2 is 2.07 bits per heavy atom. The zero-order chi connectivity index (χ0) is 19.1.